The van der Waals surface area contributed by atoms with E-state index in [9.17, 15) is 13.2 Å². The maximum Gasteiger partial charge on any atom is 0.337 e. The van der Waals surface area contributed by atoms with Crippen molar-refractivity contribution in [3.05, 3.63) is 77.5 Å². The number of ether oxygens (including phenoxy) is 2. The molecule has 1 aromatic heterocycles. The topological polar surface area (TPSA) is 118 Å². The van der Waals surface area contributed by atoms with Gasteiger partial charge in [0.15, 0.2) is 0 Å². The Balaban J connectivity index is 1.80. The lowest BCUT2D eigenvalue weighted by Crippen LogP contribution is -2.14. The number of esters is 1. The number of sulfonamides is 1. The van der Waals surface area contributed by atoms with E-state index in [4.69, 9.17) is 10.00 Å². The van der Waals surface area contributed by atoms with Gasteiger partial charge in [-0.2, -0.15) is 5.26 Å². The van der Waals surface area contributed by atoms with Crippen molar-refractivity contribution < 1.29 is 22.7 Å². The van der Waals surface area contributed by atoms with Crippen molar-refractivity contribution >= 4 is 21.7 Å². The van der Waals surface area contributed by atoms with E-state index in [2.05, 4.69) is 14.4 Å². The van der Waals surface area contributed by atoms with Crippen molar-refractivity contribution in [1.82, 2.24) is 4.98 Å². The minimum atomic E-state index is -3.87. The Morgan fingerprint density at radius 3 is 2.50 bits per heavy atom. The average molecular weight is 423 g/mol. The van der Waals surface area contributed by atoms with Gasteiger partial charge in [0.25, 0.3) is 10.0 Å². The zero-order valence-corrected chi connectivity index (χ0v) is 16.9. The van der Waals surface area contributed by atoms with Gasteiger partial charge in [-0.1, -0.05) is 0 Å². The number of aryl methyl sites for hydroxylation is 1. The Kier molecular flexibility index (Phi) is 5.99. The Labute approximate surface area is 173 Å². The van der Waals surface area contributed by atoms with Crippen LogP contribution in [0.4, 0.5) is 5.69 Å². The number of hydrogen-bond acceptors (Lipinski definition) is 7. The Morgan fingerprint density at radius 2 is 1.87 bits per heavy atom. The lowest BCUT2D eigenvalue weighted by atomic mass is 10.2. The van der Waals surface area contributed by atoms with Gasteiger partial charge in [0.2, 0.25) is 5.88 Å². The number of methoxy groups -OCH3 is 1. The third kappa shape index (κ3) is 4.56. The van der Waals surface area contributed by atoms with Crippen LogP contribution in [0.5, 0.6) is 11.6 Å². The molecule has 0 fully saturated rings. The molecule has 9 heteroatoms. The predicted molar refractivity (Wildman–Crippen MR) is 109 cm³/mol. The van der Waals surface area contributed by atoms with Gasteiger partial charge in [-0.25, -0.2) is 18.2 Å². The summed E-state index contributed by atoms with van der Waals surface area (Å²) in [5.41, 5.74) is 1.51. The number of pyridine rings is 1. The number of nitriles is 1. The lowest BCUT2D eigenvalue weighted by molar-refractivity contribution is 0.0600. The number of hydrogen-bond donors (Lipinski definition) is 1. The molecule has 0 amide bonds. The number of carbonyl (C=O) groups excluding carboxylic acids is 1. The maximum absolute atomic E-state index is 12.7. The number of nitrogens with zero attached hydrogens (tertiary/aromatic N) is 2. The highest BCUT2D eigenvalue weighted by Gasteiger charge is 2.17. The molecular weight excluding hydrogens is 406 g/mol. The molecule has 0 aliphatic carbocycles. The molecule has 0 bridgehead atoms. The number of rotatable bonds is 6. The number of aromatic nitrogens is 1. The van der Waals surface area contributed by atoms with Gasteiger partial charge in [0.1, 0.15) is 17.4 Å². The first-order valence-electron chi connectivity index (χ1n) is 8.69. The van der Waals surface area contributed by atoms with E-state index >= 15 is 0 Å². The summed E-state index contributed by atoms with van der Waals surface area (Å²) in [6.45, 7) is 1.72. The standard InChI is InChI=1S/C21H17N3O5S/c1-14-12-17(29-20-16(13-22)4-3-11-23-20)7-10-19(14)24-30(26,27)18-8-5-15(6-9-18)21(25)28-2/h3-12,24H,1-2H3. The molecule has 3 rings (SSSR count). The van der Waals surface area contributed by atoms with Crippen LogP contribution in [0, 0.1) is 18.3 Å². The molecule has 0 spiro atoms. The Hall–Kier alpha value is -3.90. The van der Waals surface area contributed by atoms with E-state index in [1.54, 1.807) is 37.3 Å². The molecule has 0 unspecified atom stereocenters. The fourth-order valence-corrected chi connectivity index (χ4v) is 3.71. The van der Waals surface area contributed by atoms with Crippen LogP contribution >= 0.6 is 0 Å². The molecule has 2 aromatic carbocycles. The predicted octanol–water partition coefficient (Wildman–Crippen LogP) is 3.64. The maximum atomic E-state index is 12.7. The lowest BCUT2D eigenvalue weighted by Gasteiger charge is -2.13. The van der Waals surface area contributed by atoms with E-state index in [0.29, 0.717) is 17.0 Å². The molecule has 0 saturated carbocycles. The van der Waals surface area contributed by atoms with Crippen molar-refractivity contribution in [3.8, 4) is 17.7 Å². The summed E-state index contributed by atoms with van der Waals surface area (Å²) in [4.78, 5) is 15.5. The molecule has 0 aliphatic rings. The molecule has 1 heterocycles. The van der Waals surface area contributed by atoms with E-state index in [1.165, 1.54) is 37.6 Å². The van der Waals surface area contributed by atoms with E-state index in [0.717, 1.165) is 0 Å². The van der Waals surface area contributed by atoms with Crippen molar-refractivity contribution in [2.24, 2.45) is 0 Å². The Bertz CT molecular complexity index is 1230. The SMILES string of the molecule is COC(=O)c1ccc(S(=O)(=O)Nc2ccc(Oc3ncccc3C#N)cc2C)cc1. The summed E-state index contributed by atoms with van der Waals surface area (Å²) >= 11 is 0. The van der Waals surface area contributed by atoms with Crippen LogP contribution in [-0.4, -0.2) is 26.5 Å². The number of anilines is 1. The van der Waals surface area contributed by atoms with Crippen LogP contribution in [0.25, 0.3) is 0 Å². The summed E-state index contributed by atoms with van der Waals surface area (Å²) in [7, 11) is -2.62. The summed E-state index contributed by atoms with van der Waals surface area (Å²) in [6, 6.07) is 15.4. The van der Waals surface area contributed by atoms with Crippen LogP contribution in [0.15, 0.2) is 65.7 Å². The largest absolute Gasteiger partial charge is 0.465 e. The van der Waals surface area contributed by atoms with Gasteiger partial charge in [0.05, 0.1) is 23.3 Å². The third-order valence-corrected chi connectivity index (χ3v) is 5.52. The van der Waals surface area contributed by atoms with Crippen molar-refractivity contribution in [2.45, 2.75) is 11.8 Å². The average Bonchev–Trinajstić information content (AvgIpc) is 2.75. The summed E-state index contributed by atoms with van der Waals surface area (Å²) in [5, 5.41) is 9.12. The number of nitrogens with one attached hydrogen (secondary N) is 1. The fourth-order valence-electron chi connectivity index (χ4n) is 2.57. The molecule has 0 atom stereocenters. The van der Waals surface area contributed by atoms with Crippen molar-refractivity contribution in [3.63, 3.8) is 0 Å². The van der Waals surface area contributed by atoms with Gasteiger partial charge in [-0.15, -0.1) is 0 Å². The van der Waals surface area contributed by atoms with Crippen molar-refractivity contribution in [2.75, 3.05) is 11.8 Å². The second-order valence-corrected chi connectivity index (χ2v) is 7.85. The number of benzene rings is 2. The molecule has 8 nitrogen and oxygen atoms in total. The quantitative estimate of drug-likeness (QED) is 0.601. The second kappa shape index (κ2) is 8.63. The molecule has 1 N–H and O–H groups in total. The summed E-state index contributed by atoms with van der Waals surface area (Å²) in [5.74, 6) is 0.0253. The van der Waals surface area contributed by atoms with Crippen molar-refractivity contribution in [1.29, 1.82) is 5.26 Å². The van der Waals surface area contributed by atoms with Crippen LogP contribution in [-0.2, 0) is 14.8 Å². The Morgan fingerprint density at radius 1 is 1.13 bits per heavy atom. The van der Waals surface area contributed by atoms with Gasteiger partial charge in [-0.05, 0) is 67.1 Å². The summed E-state index contributed by atoms with van der Waals surface area (Å²) < 4.78 is 38.1. The van der Waals surface area contributed by atoms with Crippen LogP contribution in [0.1, 0.15) is 21.5 Å². The van der Waals surface area contributed by atoms with Crippen LogP contribution in [0.3, 0.4) is 0 Å². The van der Waals surface area contributed by atoms with Crippen LogP contribution in [0.2, 0.25) is 0 Å². The molecular formula is C21H17N3O5S. The highest BCUT2D eigenvalue weighted by atomic mass is 32.2. The zero-order valence-electron chi connectivity index (χ0n) is 16.1. The highest BCUT2D eigenvalue weighted by molar-refractivity contribution is 7.92. The molecule has 0 saturated heterocycles. The van der Waals surface area contributed by atoms with E-state index in [1.807, 2.05) is 6.07 Å². The van der Waals surface area contributed by atoms with Gasteiger partial charge < -0.3 is 9.47 Å². The first kappa shape index (κ1) is 20.8. The normalized spacial score (nSPS) is 10.7. The first-order chi connectivity index (χ1) is 14.3. The zero-order chi connectivity index (χ0) is 21.7. The van der Waals surface area contributed by atoms with Gasteiger partial charge in [0, 0.05) is 6.20 Å². The minimum absolute atomic E-state index is 0.00188. The molecule has 0 aliphatic heterocycles. The van der Waals surface area contributed by atoms with Crippen LogP contribution < -0.4 is 9.46 Å². The molecule has 3 aromatic rings. The highest BCUT2D eigenvalue weighted by Crippen LogP contribution is 2.28. The minimum Gasteiger partial charge on any atom is -0.465 e. The third-order valence-electron chi connectivity index (χ3n) is 4.13. The molecule has 152 valence electrons. The fraction of sp³-hybridized carbons (Fsp3) is 0.0952. The number of carbonyl (C=O) groups is 1. The van der Waals surface area contributed by atoms with Gasteiger partial charge in [-0.3, -0.25) is 4.72 Å². The first-order valence-corrected chi connectivity index (χ1v) is 10.2. The van der Waals surface area contributed by atoms with Gasteiger partial charge >= 0.3 is 5.97 Å². The van der Waals surface area contributed by atoms with E-state index in [-0.39, 0.29) is 21.9 Å². The molecule has 0 radical (unpaired) electrons. The monoisotopic (exact) mass is 423 g/mol. The smallest absolute Gasteiger partial charge is 0.337 e. The molecule has 30 heavy (non-hydrogen) atoms. The van der Waals surface area contributed by atoms with E-state index < -0.39 is 16.0 Å². The second-order valence-electron chi connectivity index (χ2n) is 6.17. The summed E-state index contributed by atoms with van der Waals surface area (Å²) in [6.07, 6.45) is 1.51.